The second-order valence-corrected chi connectivity index (χ2v) is 6.07. The molecule has 0 radical (unpaired) electrons. The van der Waals surface area contributed by atoms with Crippen LogP contribution in [0, 0.1) is 12.7 Å². The van der Waals surface area contributed by atoms with Crippen molar-refractivity contribution >= 4 is 23.6 Å². The number of hydrogen-bond acceptors (Lipinski definition) is 5. The van der Waals surface area contributed by atoms with Crippen LogP contribution in [0.5, 0.6) is 5.75 Å². The SMILES string of the molecule is COc1ccc(CS[C@H](C)C(=O)Nc2cc(C)no2)cc1F. The van der Waals surface area contributed by atoms with Crippen LogP contribution in [0.1, 0.15) is 18.2 Å². The van der Waals surface area contributed by atoms with Crippen molar-refractivity contribution in [1.29, 1.82) is 0 Å². The standard InChI is InChI=1S/C15H17FN2O3S/c1-9-6-14(21-18-9)17-15(19)10(2)22-8-11-4-5-13(20-3)12(16)7-11/h4-7,10H,8H2,1-3H3,(H,17,19)/t10-/m1/s1. The predicted octanol–water partition coefficient (Wildman–Crippen LogP) is 3.39. The number of benzene rings is 1. The zero-order chi connectivity index (χ0) is 16.1. The molecule has 0 aliphatic heterocycles. The van der Waals surface area contributed by atoms with E-state index in [2.05, 4.69) is 10.5 Å². The van der Waals surface area contributed by atoms with Crippen LogP contribution in [0.15, 0.2) is 28.8 Å². The Hall–Kier alpha value is -2.02. The second kappa shape index (κ2) is 7.31. The van der Waals surface area contributed by atoms with Gasteiger partial charge < -0.3 is 9.26 Å². The highest BCUT2D eigenvalue weighted by Gasteiger charge is 2.16. The fourth-order valence-electron chi connectivity index (χ4n) is 1.74. The minimum absolute atomic E-state index is 0.185. The van der Waals surface area contributed by atoms with Crippen molar-refractivity contribution < 1.29 is 18.4 Å². The molecule has 0 fully saturated rings. The molecule has 1 atom stereocenters. The zero-order valence-electron chi connectivity index (χ0n) is 12.6. The molecule has 0 aliphatic rings. The van der Waals surface area contributed by atoms with Gasteiger partial charge in [0.15, 0.2) is 11.6 Å². The average molecular weight is 324 g/mol. The number of aromatic nitrogens is 1. The van der Waals surface area contributed by atoms with Crippen LogP contribution in [0.4, 0.5) is 10.3 Å². The van der Waals surface area contributed by atoms with Gasteiger partial charge in [-0.15, -0.1) is 11.8 Å². The molecule has 2 rings (SSSR count). The van der Waals surface area contributed by atoms with E-state index in [9.17, 15) is 9.18 Å². The molecular weight excluding hydrogens is 307 g/mol. The zero-order valence-corrected chi connectivity index (χ0v) is 13.4. The van der Waals surface area contributed by atoms with E-state index in [0.29, 0.717) is 17.3 Å². The first kappa shape index (κ1) is 16.4. The van der Waals surface area contributed by atoms with Crippen molar-refractivity contribution in [2.45, 2.75) is 24.9 Å². The number of amides is 1. The van der Waals surface area contributed by atoms with E-state index < -0.39 is 5.82 Å². The molecule has 118 valence electrons. The molecule has 1 heterocycles. The Morgan fingerprint density at radius 3 is 2.86 bits per heavy atom. The smallest absolute Gasteiger partial charge is 0.239 e. The lowest BCUT2D eigenvalue weighted by molar-refractivity contribution is -0.115. The third kappa shape index (κ3) is 4.24. The molecule has 0 aliphatic carbocycles. The van der Waals surface area contributed by atoms with E-state index in [1.54, 1.807) is 32.0 Å². The first-order chi connectivity index (χ1) is 10.5. The minimum atomic E-state index is -0.408. The Kier molecular flexibility index (Phi) is 5.43. The van der Waals surface area contributed by atoms with Gasteiger partial charge in [-0.1, -0.05) is 11.2 Å². The van der Waals surface area contributed by atoms with Gasteiger partial charge in [0, 0.05) is 11.8 Å². The molecule has 7 heteroatoms. The Labute approximate surface area is 132 Å². The molecule has 1 aromatic heterocycles. The molecule has 1 N–H and O–H groups in total. The number of thioether (sulfide) groups is 1. The Morgan fingerprint density at radius 2 is 2.27 bits per heavy atom. The first-order valence-electron chi connectivity index (χ1n) is 6.68. The van der Waals surface area contributed by atoms with Crippen molar-refractivity contribution in [2.75, 3.05) is 12.4 Å². The molecule has 0 bridgehead atoms. The molecular formula is C15H17FN2O3S. The van der Waals surface area contributed by atoms with Crippen LogP contribution in [-0.2, 0) is 10.5 Å². The maximum absolute atomic E-state index is 13.6. The molecule has 0 saturated heterocycles. The normalized spacial score (nSPS) is 12.0. The molecule has 2 aromatic rings. The summed E-state index contributed by atoms with van der Waals surface area (Å²) in [7, 11) is 1.42. The number of hydrogen-bond donors (Lipinski definition) is 1. The van der Waals surface area contributed by atoms with E-state index in [-0.39, 0.29) is 16.9 Å². The highest BCUT2D eigenvalue weighted by molar-refractivity contribution is 7.99. The first-order valence-corrected chi connectivity index (χ1v) is 7.72. The molecule has 0 unspecified atom stereocenters. The van der Waals surface area contributed by atoms with Crippen LogP contribution >= 0.6 is 11.8 Å². The van der Waals surface area contributed by atoms with E-state index in [1.165, 1.54) is 24.9 Å². The molecule has 5 nitrogen and oxygen atoms in total. The van der Waals surface area contributed by atoms with Gasteiger partial charge >= 0.3 is 0 Å². The van der Waals surface area contributed by atoms with Crippen molar-refractivity contribution in [3.8, 4) is 5.75 Å². The number of nitrogens with one attached hydrogen (secondary N) is 1. The van der Waals surface area contributed by atoms with Crippen LogP contribution in [0.3, 0.4) is 0 Å². The highest BCUT2D eigenvalue weighted by Crippen LogP contribution is 2.23. The summed E-state index contributed by atoms with van der Waals surface area (Å²) in [5.74, 6) is 0.459. The van der Waals surface area contributed by atoms with Gasteiger partial charge in [0.1, 0.15) is 0 Å². The van der Waals surface area contributed by atoms with Crippen LogP contribution < -0.4 is 10.1 Å². The van der Waals surface area contributed by atoms with Gasteiger partial charge in [-0.25, -0.2) is 4.39 Å². The Bertz CT molecular complexity index is 660. The van der Waals surface area contributed by atoms with Crippen molar-refractivity contribution in [3.63, 3.8) is 0 Å². The van der Waals surface area contributed by atoms with Gasteiger partial charge in [0.2, 0.25) is 11.8 Å². The summed E-state index contributed by atoms with van der Waals surface area (Å²) in [5, 5.41) is 6.03. The number of nitrogens with zero attached hydrogens (tertiary/aromatic N) is 1. The second-order valence-electron chi connectivity index (χ2n) is 4.74. The van der Waals surface area contributed by atoms with E-state index in [4.69, 9.17) is 9.26 Å². The van der Waals surface area contributed by atoms with Gasteiger partial charge in [-0.05, 0) is 31.5 Å². The lowest BCUT2D eigenvalue weighted by atomic mass is 10.2. The van der Waals surface area contributed by atoms with Gasteiger partial charge in [0.25, 0.3) is 0 Å². The summed E-state index contributed by atoms with van der Waals surface area (Å²) in [6, 6.07) is 6.41. The number of aryl methyl sites for hydroxylation is 1. The average Bonchev–Trinajstić information content (AvgIpc) is 2.90. The summed E-state index contributed by atoms with van der Waals surface area (Å²) in [5.41, 5.74) is 1.49. The lowest BCUT2D eigenvalue weighted by Gasteiger charge is -2.11. The Morgan fingerprint density at radius 1 is 1.50 bits per heavy atom. The minimum Gasteiger partial charge on any atom is -0.494 e. The fourth-order valence-corrected chi connectivity index (χ4v) is 2.57. The van der Waals surface area contributed by atoms with E-state index >= 15 is 0 Å². The van der Waals surface area contributed by atoms with Crippen LogP contribution in [0.2, 0.25) is 0 Å². The monoisotopic (exact) mass is 324 g/mol. The summed E-state index contributed by atoms with van der Waals surface area (Å²) in [6.07, 6.45) is 0. The van der Waals surface area contributed by atoms with Crippen LogP contribution in [-0.4, -0.2) is 23.4 Å². The predicted molar refractivity (Wildman–Crippen MR) is 83.6 cm³/mol. The lowest BCUT2D eigenvalue weighted by Crippen LogP contribution is -2.22. The highest BCUT2D eigenvalue weighted by atomic mass is 32.2. The molecule has 0 spiro atoms. The van der Waals surface area contributed by atoms with Gasteiger partial charge in [-0.2, -0.15) is 0 Å². The summed E-state index contributed by atoms with van der Waals surface area (Å²) >= 11 is 1.40. The van der Waals surface area contributed by atoms with E-state index in [1.807, 2.05) is 0 Å². The van der Waals surface area contributed by atoms with E-state index in [0.717, 1.165) is 5.56 Å². The van der Waals surface area contributed by atoms with Gasteiger partial charge in [-0.3, -0.25) is 10.1 Å². The topological polar surface area (TPSA) is 64.4 Å². The number of carbonyl (C=O) groups excluding carboxylic acids is 1. The number of carbonyl (C=O) groups is 1. The maximum Gasteiger partial charge on any atom is 0.239 e. The van der Waals surface area contributed by atoms with Crippen LogP contribution in [0.25, 0.3) is 0 Å². The molecule has 1 aromatic carbocycles. The molecule has 0 saturated carbocycles. The summed E-state index contributed by atoms with van der Waals surface area (Å²) in [6.45, 7) is 3.55. The number of ether oxygens (including phenoxy) is 1. The summed E-state index contributed by atoms with van der Waals surface area (Å²) < 4.78 is 23.4. The number of rotatable bonds is 6. The van der Waals surface area contributed by atoms with Gasteiger partial charge in [0.05, 0.1) is 18.1 Å². The summed E-state index contributed by atoms with van der Waals surface area (Å²) in [4.78, 5) is 12.0. The largest absolute Gasteiger partial charge is 0.494 e. The molecule has 22 heavy (non-hydrogen) atoms. The van der Waals surface area contributed by atoms with Crippen molar-refractivity contribution in [1.82, 2.24) is 5.16 Å². The Balaban J connectivity index is 1.87. The maximum atomic E-state index is 13.6. The quantitative estimate of drug-likeness (QED) is 0.882. The fraction of sp³-hybridized carbons (Fsp3) is 0.333. The number of anilines is 1. The third-order valence-corrected chi connectivity index (χ3v) is 4.17. The molecule has 1 amide bonds. The van der Waals surface area contributed by atoms with Crippen molar-refractivity contribution in [3.05, 3.63) is 41.3 Å². The third-order valence-electron chi connectivity index (χ3n) is 2.96. The number of methoxy groups -OCH3 is 1. The van der Waals surface area contributed by atoms with Crippen molar-refractivity contribution in [2.24, 2.45) is 0 Å². The number of halogens is 1.